The predicted octanol–water partition coefficient (Wildman–Crippen LogP) is 3.78. The first-order chi connectivity index (χ1) is 14.5. The van der Waals surface area contributed by atoms with Crippen LogP contribution in [0.1, 0.15) is 36.2 Å². The van der Waals surface area contributed by atoms with Crippen LogP contribution in [0.4, 0.5) is 0 Å². The van der Waals surface area contributed by atoms with Crippen molar-refractivity contribution in [2.24, 2.45) is 5.92 Å². The van der Waals surface area contributed by atoms with Crippen molar-refractivity contribution in [1.82, 2.24) is 5.32 Å². The normalized spacial score (nSPS) is 12.6. The highest BCUT2D eigenvalue weighted by Gasteiger charge is 2.18. The number of hydrogen-bond donors (Lipinski definition) is 1. The predicted molar refractivity (Wildman–Crippen MR) is 111 cm³/mol. The first-order valence-corrected chi connectivity index (χ1v) is 9.70. The Morgan fingerprint density at radius 3 is 2.53 bits per heavy atom. The monoisotopic (exact) mass is 411 g/mol. The molecule has 0 saturated heterocycles. The van der Waals surface area contributed by atoms with E-state index < -0.39 is 11.9 Å². The molecule has 2 aromatic carbocycles. The third kappa shape index (κ3) is 5.53. The molecule has 1 amide bonds. The molecule has 30 heavy (non-hydrogen) atoms. The SMILES string of the molecule is COc1ccc(C(=O)N/C(=C/c2ccc3c(c2)OCO3)C(=O)OCCC(C)C)cc1. The van der Waals surface area contributed by atoms with Crippen molar-refractivity contribution in [3.63, 3.8) is 0 Å². The molecular formula is C23H25NO6. The van der Waals surface area contributed by atoms with E-state index in [1.54, 1.807) is 55.7 Å². The van der Waals surface area contributed by atoms with Gasteiger partial charge in [0.15, 0.2) is 11.5 Å². The lowest BCUT2D eigenvalue weighted by molar-refractivity contribution is -0.139. The van der Waals surface area contributed by atoms with Crippen LogP contribution in [0.15, 0.2) is 48.2 Å². The number of hydrogen-bond acceptors (Lipinski definition) is 6. The lowest BCUT2D eigenvalue weighted by Gasteiger charge is -2.12. The Hall–Kier alpha value is -3.48. The second kappa shape index (κ2) is 9.82. The van der Waals surface area contributed by atoms with Gasteiger partial charge in [-0.2, -0.15) is 0 Å². The molecule has 0 saturated carbocycles. The van der Waals surface area contributed by atoms with E-state index in [2.05, 4.69) is 5.32 Å². The largest absolute Gasteiger partial charge is 0.497 e. The highest BCUT2D eigenvalue weighted by Crippen LogP contribution is 2.33. The van der Waals surface area contributed by atoms with E-state index in [4.69, 9.17) is 18.9 Å². The number of fused-ring (bicyclic) bond motifs is 1. The van der Waals surface area contributed by atoms with Gasteiger partial charge < -0.3 is 24.3 Å². The molecule has 0 aromatic heterocycles. The van der Waals surface area contributed by atoms with E-state index in [0.717, 1.165) is 6.42 Å². The van der Waals surface area contributed by atoms with E-state index in [0.29, 0.717) is 34.3 Å². The zero-order valence-electron chi connectivity index (χ0n) is 17.3. The van der Waals surface area contributed by atoms with Gasteiger partial charge in [-0.15, -0.1) is 0 Å². The van der Waals surface area contributed by atoms with Crippen LogP contribution < -0.4 is 19.5 Å². The number of methoxy groups -OCH3 is 1. The average Bonchev–Trinajstić information content (AvgIpc) is 3.20. The molecule has 2 aromatic rings. The second-order valence-electron chi connectivity index (χ2n) is 7.17. The maximum Gasteiger partial charge on any atom is 0.354 e. The third-order valence-electron chi connectivity index (χ3n) is 4.46. The molecule has 1 N–H and O–H groups in total. The third-order valence-corrected chi connectivity index (χ3v) is 4.46. The maximum atomic E-state index is 12.7. The number of amides is 1. The van der Waals surface area contributed by atoms with E-state index in [9.17, 15) is 9.59 Å². The first-order valence-electron chi connectivity index (χ1n) is 9.70. The van der Waals surface area contributed by atoms with Crippen molar-refractivity contribution in [2.75, 3.05) is 20.5 Å². The average molecular weight is 411 g/mol. The number of esters is 1. The Bertz CT molecular complexity index is 933. The number of carbonyl (C=O) groups excluding carboxylic acids is 2. The lowest BCUT2D eigenvalue weighted by Crippen LogP contribution is -2.28. The standard InChI is InChI=1S/C23H25NO6/c1-15(2)10-11-28-23(26)19(12-16-4-9-20-21(13-16)30-14-29-20)24-22(25)17-5-7-18(27-3)8-6-17/h4-9,12-13,15H,10-11,14H2,1-3H3,(H,24,25)/b19-12+. The summed E-state index contributed by atoms with van der Waals surface area (Å²) in [5.41, 5.74) is 1.10. The molecule has 0 spiro atoms. The molecule has 0 fully saturated rings. The summed E-state index contributed by atoms with van der Waals surface area (Å²) in [7, 11) is 1.55. The zero-order valence-corrected chi connectivity index (χ0v) is 17.3. The summed E-state index contributed by atoms with van der Waals surface area (Å²) in [4.78, 5) is 25.3. The Kier molecular flexibility index (Phi) is 6.95. The van der Waals surface area contributed by atoms with Gasteiger partial charge in [-0.25, -0.2) is 4.79 Å². The summed E-state index contributed by atoms with van der Waals surface area (Å²) < 4.78 is 21.1. The number of benzene rings is 2. The molecule has 1 aliphatic rings. The van der Waals surface area contributed by atoms with Gasteiger partial charge in [-0.1, -0.05) is 19.9 Å². The van der Waals surface area contributed by atoms with E-state index in [1.807, 2.05) is 13.8 Å². The molecule has 0 aliphatic carbocycles. The molecule has 7 nitrogen and oxygen atoms in total. The van der Waals surface area contributed by atoms with Crippen LogP contribution in [0.2, 0.25) is 0 Å². The molecule has 1 heterocycles. The Morgan fingerprint density at radius 1 is 1.10 bits per heavy atom. The van der Waals surface area contributed by atoms with Crippen molar-refractivity contribution in [3.8, 4) is 17.2 Å². The van der Waals surface area contributed by atoms with Gasteiger partial charge in [-0.05, 0) is 60.4 Å². The smallest absolute Gasteiger partial charge is 0.354 e. The highest BCUT2D eigenvalue weighted by atomic mass is 16.7. The van der Waals surface area contributed by atoms with Crippen LogP contribution >= 0.6 is 0 Å². The summed E-state index contributed by atoms with van der Waals surface area (Å²) >= 11 is 0. The number of ether oxygens (including phenoxy) is 4. The molecular weight excluding hydrogens is 386 g/mol. The summed E-state index contributed by atoms with van der Waals surface area (Å²) in [6.07, 6.45) is 2.29. The van der Waals surface area contributed by atoms with Crippen LogP contribution in [0.3, 0.4) is 0 Å². The summed E-state index contributed by atoms with van der Waals surface area (Å²) in [5, 5.41) is 2.66. The fraction of sp³-hybridized carbons (Fsp3) is 0.304. The molecule has 0 bridgehead atoms. The fourth-order valence-electron chi connectivity index (χ4n) is 2.72. The van der Waals surface area contributed by atoms with Gasteiger partial charge >= 0.3 is 5.97 Å². The number of rotatable bonds is 8. The minimum absolute atomic E-state index is 0.0402. The van der Waals surface area contributed by atoms with Crippen molar-refractivity contribution in [2.45, 2.75) is 20.3 Å². The van der Waals surface area contributed by atoms with Crippen molar-refractivity contribution in [1.29, 1.82) is 0 Å². The van der Waals surface area contributed by atoms with Gasteiger partial charge in [-0.3, -0.25) is 4.79 Å². The van der Waals surface area contributed by atoms with Crippen molar-refractivity contribution in [3.05, 3.63) is 59.3 Å². The molecule has 158 valence electrons. The number of nitrogens with one attached hydrogen (secondary N) is 1. The van der Waals surface area contributed by atoms with Gasteiger partial charge in [0.1, 0.15) is 11.4 Å². The molecule has 0 radical (unpaired) electrons. The Labute approximate surface area is 175 Å². The van der Waals surface area contributed by atoms with Crippen LogP contribution in [0.5, 0.6) is 17.2 Å². The van der Waals surface area contributed by atoms with E-state index >= 15 is 0 Å². The molecule has 0 atom stereocenters. The van der Waals surface area contributed by atoms with E-state index in [-0.39, 0.29) is 19.1 Å². The lowest BCUT2D eigenvalue weighted by atomic mass is 10.1. The minimum Gasteiger partial charge on any atom is -0.497 e. The van der Waals surface area contributed by atoms with Gasteiger partial charge in [0.25, 0.3) is 5.91 Å². The van der Waals surface area contributed by atoms with Crippen molar-refractivity contribution >= 4 is 18.0 Å². The molecule has 0 unspecified atom stereocenters. The van der Waals surface area contributed by atoms with Crippen LogP contribution in [0.25, 0.3) is 6.08 Å². The first kappa shape index (κ1) is 21.2. The van der Waals surface area contributed by atoms with Crippen molar-refractivity contribution < 1.29 is 28.5 Å². The van der Waals surface area contributed by atoms with Crippen LogP contribution in [0, 0.1) is 5.92 Å². The zero-order chi connectivity index (χ0) is 21.5. The van der Waals surface area contributed by atoms with Crippen LogP contribution in [-0.4, -0.2) is 32.4 Å². The highest BCUT2D eigenvalue weighted by molar-refractivity contribution is 6.03. The topological polar surface area (TPSA) is 83.1 Å². The molecule has 3 rings (SSSR count). The van der Waals surface area contributed by atoms with Gasteiger partial charge in [0, 0.05) is 5.56 Å². The Morgan fingerprint density at radius 2 is 1.83 bits per heavy atom. The quantitative estimate of drug-likeness (QED) is 0.526. The maximum absolute atomic E-state index is 12.7. The van der Waals surface area contributed by atoms with E-state index in [1.165, 1.54) is 0 Å². The minimum atomic E-state index is -0.602. The van der Waals surface area contributed by atoms with Gasteiger partial charge in [0.2, 0.25) is 6.79 Å². The molecule has 1 aliphatic heterocycles. The second-order valence-corrected chi connectivity index (χ2v) is 7.17. The summed E-state index contributed by atoms with van der Waals surface area (Å²) in [5.74, 6) is 1.22. The fourth-order valence-corrected chi connectivity index (χ4v) is 2.72. The molecule has 7 heteroatoms. The summed E-state index contributed by atoms with van der Waals surface area (Å²) in [6.45, 7) is 4.51. The number of carbonyl (C=O) groups is 2. The Balaban J connectivity index is 1.80. The van der Waals surface area contributed by atoms with Crippen LogP contribution in [-0.2, 0) is 9.53 Å². The van der Waals surface area contributed by atoms with Gasteiger partial charge in [0.05, 0.1) is 13.7 Å². The summed E-state index contributed by atoms with van der Waals surface area (Å²) in [6, 6.07) is 11.9.